The van der Waals surface area contributed by atoms with Crippen LogP contribution in [0.2, 0.25) is 0 Å². The number of amides is 1. The van der Waals surface area contributed by atoms with Gasteiger partial charge in [-0.1, -0.05) is 6.58 Å². The zero-order chi connectivity index (χ0) is 30.7. The Balaban J connectivity index is 1.44. The molecule has 0 spiro atoms. The molecule has 11 heteroatoms. The number of likely N-dealkylation sites (tertiary alicyclic amines) is 1. The molecule has 0 unspecified atom stereocenters. The number of hydrogen-bond donors (Lipinski definition) is 2. The number of nitrogens with one attached hydrogen (secondary N) is 1. The van der Waals surface area contributed by atoms with Gasteiger partial charge in [-0.05, 0) is 44.2 Å². The van der Waals surface area contributed by atoms with Crippen molar-refractivity contribution in [2.45, 2.75) is 38.4 Å². The molecule has 43 heavy (non-hydrogen) atoms. The molecular weight excluding hydrogens is 558 g/mol. The summed E-state index contributed by atoms with van der Waals surface area (Å²) in [6.07, 6.45) is 3.92. The molecule has 1 fully saturated rings. The number of carbonyl (C=O) groups excluding carboxylic acids is 1. The molecule has 0 bridgehead atoms. The summed E-state index contributed by atoms with van der Waals surface area (Å²) in [5, 5.41) is 14.9. The van der Waals surface area contributed by atoms with Crippen LogP contribution in [-0.2, 0) is 10.4 Å². The fourth-order valence-electron chi connectivity index (χ4n) is 4.97. The largest absolute Gasteiger partial charge is 0.493 e. The molecule has 1 aliphatic heterocycles. The first-order valence-electron chi connectivity index (χ1n) is 13.7. The molecule has 1 aliphatic rings. The van der Waals surface area contributed by atoms with E-state index >= 15 is 0 Å². The molecule has 2 N–H and O–H groups in total. The molecule has 1 saturated heterocycles. The van der Waals surface area contributed by atoms with Crippen LogP contribution < -0.4 is 19.5 Å². The Morgan fingerprint density at radius 2 is 1.77 bits per heavy atom. The number of hydrogen-bond acceptors (Lipinski definition) is 8. The molecule has 0 saturated carbocycles. The van der Waals surface area contributed by atoms with E-state index in [2.05, 4.69) is 21.9 Å². The second-order valence-electron chi connectivity index (χ2n) is 10.7. The summed E-state index contributed by atoms with van der Waals surface area (Å²) in [4.78, 5) is 22.5. The van der Waals surface area contributed by atoms with E-state index in [-0.39, 0.29) is 23.5 Å². The zero-order valence-electron chi connectivity index (χ0n) is 24.1. The molecule has 0 atom stereocenters. The van der Waals surface area contributed by atoms with Gasteiger partial charge >= 0.3 is 0 Å². The minimum Gasteiger partial charge on any atom is -0.493 e. The van der Waals surface area contributed by atoms with Gasteiger partial charge in [0.1, 0.15) is 41.4 Å². The summed E-state index contributed by atoms with van der Waals surface area (Å²) in [6, 6.07) is 11.4. The Kier molecular flexibility index (Phi) is 8.45. The number of fused-ring (bicyclic) bond motifs is 1. The highest BCUT2D eigenvalue weighted by molar-refractivity contribution is 5.93. The first-order valence-corrected chi connectivity index (χ1v) is 13.7. The molecule has 2 heterocycles. The Labute approximate surface area is 247 Å². The molecular formula is C32H32F2N4O5. The van der Waals surface area contributed by atoms with Crippen molar-refractivity contribution in [1.29, 1.82) is 0 Å². The van der Waals surface area contributed by atoms with Crippen molar-refractivity contribution < 1.29 is 32.9 Å². The number of carbonyl (C=O) groups is 1. The predicted octanol–water partition coefficient (Wildman–Crippen LogP) is 6.24. The lowest BCUT2D eigenvalue weighted by Gasteiger charge is -2.31. The van der Waals surface area contributed by atoms with Crippen LogP contribution >= 0.6 is 0 Å². The summed E-state index contributed by atoms with van der Waals surface area (Å²) in [5.41, 5.74) is 0.269. The number of aliphatic hydroxyl groups is 1. The Morgan fingerprint density at radius 1 is 1.05 bits per heavy atom. The average Bonchev–Trinajstić information content (AvgIpc) is 2.97. The van der Waals surface area contributed by atoms with Gasteiger partial charge in [0.25, 0.3) is 0 Å². The maximum atomic E-state index is 13.7. The minimum atomic E-state index is -1.32. The summed E-state index contributed by atoms with van der Waals surface area (Å²) < 4.78 is 45.0. The van der Waals surface area contributed by atoms with Gasteiger partial charge < -0.3 is 29.5 Å². The maximum absolute atomic E-state index is 13.7. The number of benzene rings is 3. The van der Waals surface area contributed by atoms with Crippen LogP contribution in [0, 0.1) is 11.6 Å². The summed E-state index contributed by atoms with van der Waals surface area (Å²) in [7, 11) is 1.55. The quantitative estimate of drug-likeness (QED) is 0.221. The molecule has 4 aromatic rings. The number of anilines is 2. The van der Waals surface area contributed by atoms with Crippen LogP contribution in [-0.4, -0.2) is 52.2 Å². The van der Waals surface area contributed by atoms with Crippen molar-refractivity contribution >= 4 is 28.3 Å². The molecule has 1 aromatic heterocycles. The monoisotopic (exact) mass is 590 g/mol. The van der Waals surface area contributed by atoms with Crippen LogP contribution in [0.15, 0.2) is 67.5 Å². The Morgan fingerprint density at radius 3 is 2.42 bits per heavy atom. The third kappa shape index (κ3) is 6.83. The van der Waals surface area contributed by atoms with Gasteiger partial charge in [-0.2, -0.15) is 0 Å². The van der Waals surface area contributed by atoms with E-state index in [1.807, 2.05) is 0 Å². The van der Waals surface area contributed by atoms with E-state index in [1.54, 1.807) is 56.2 Å². The van der Waals surface area contributed by atoms with Gasteiger partial charge in [-0.3, -0.25) is 4.79 Å². The average molecular weight is 591 g/mol. The number of rotatable bonds is 9. The highest BCUT2D eigenvalue weighted by atomic mass is 19.1. The fourth-order valence-corrected chi connectivity index (χ4v) is 4.97. The number of methoxy groups -OCH3 is 1. The van der Waals surface area contributed by atoms with Crippen molar-refractivity contribution in [1.82, 2.24) is 14.9 Å². The normalized spacial score (nSPS) is 14.0. The molecule has 0 aliphatic carbocycles. The minimum absolute atomic E-state index is 0.0128. The standard InChI is InChI=1S/C32H32F2N4O5/c1-5-30(39)38-10-8-21(9-11-38)43-29-16-24-27(17-28(29)41-4)35-18-36-31(24)37-26-7-6-22(15-25(26)32(2,3)40)42-23-13-19(33)12-20(34)14-23/h5-7,12-18,21,40H,1,8-11H2,2-4H3,(H,35,36,37). The highest BCUT2D eigenvalue weighted by Crippen LogP contribution is 2.39. The van der Waals surface area contributed by atoms with Gasteiger partial charge in [0.15, 0.2) is 11.5 Å². The van der Waals surface area contributed by atoms with Crippen molar-refractivity contribution in [2.24, 2.45) is 0 Å². The van der Waals surface area contributed by atoms with Crippen LogP contribution in [0.5, 0.6) is 23.0 Å². The summed E-state index contributed by atoms with van der Waals surface area (Å²) in [5.74, 6) is 0.115. The second kappa shape index (κ2) is 12.2. The maximum Gasteiger partial charge on any atom is 0.245 e. The highest BCUT2D eigenvalue weighted by Gasteiger charge is 2.25. The molecule has 3 aromatic carbocycles. The topological polar surface area (TPSA) is 106 Å². The Hall–Kier alpha value is -4.77. The van der Waals surface area contributed by atoms with Crippen LogP contribution in [0.3, 0.4) is 0 Å². The number of nitrogens with zero attached hydrogens (tertiary/aromatic N) is 3. The van der Waals surface area contributed by atoms with E-state index in [4.69, 9.17) is 14.2 Å². The van der Waals surface area contributed by atoms with Gasteiger partial charge in [-0.25, -0.2) is 18.7 Å². The molecule has 9 nitrogen and oxygen atoms in total. The summed E-state index contributed by atoms with van der Waals surface area (Å²) in [6.45, 7) is 7.91. The smallest absolute Gasteiger partial charge is 0.245 e. The molecule has 224 valence electrons. The van der Waals surface area contributed by atoms with Crippen molar-refractivity contribution in [3.8, 4) is 23.0 Å². The lowest BCUT2D eigenvalue weighted by molar-refractivity contribution is -0.127. The first kappa shape index (κ1) is 29.7. The van der Waals surface area contributed by atoms with Crippen LogP contribution in [0.25, 0.3) is 10.9 Å². The Bertz CT molecular complexity index is 1650. The third-order valence-electron chi connectivity index (χ3n) is 7.12. The van der Waals surface area contributed by atoms with Gasteiger partial charge in [0.05, 0.1) is 18.2 Å². The number of aromatic nitrogens is 2. The predicted molar refractivity (Wildman–Crippen MR) is 158 cm³/mol. The van der Waals surface area contributed by atoms with E-state index < -0.39 is 17.2 Å². The number of ether oxygens (including phenoxy) is 3. The van der Waals surface area contributed by atoms with Crippen molar-refractivity contribution in [2.75, 3.05) is 25.5 Å². The van der Waals surface area contributed by atoms with E-state index in [0.717, 1.165) is 18.2 Å². The van der Waals surface area contributed by atoms with Crippen molar-refractivity contribution in [3.63, 3.8) is 0 Å². The number of piperidine rings is 1. The summed E-state index contributed by atoms with van der Waals surface area (Å²) >= 11 is 0. The van der Waals surface area contributed by atoms with E-state index in [1.165, 1.54) is 12.4 Å². The second-order valence-corrected chi connectivity index (χ2v) is 10.7. The third-order valence-corrected chi connectivity index (χ3v) is 7.12. The SMILES string of the molecule is C=CC(=O)N1CCC(Oc2cc3c(Nc4ccc(Oc5cc(F)cc(F)c5)cc4C(C)(C)O)ncnc3cc2OC)CC1. The van der Waals surface area contributed by atoms with Gasteiger partial charge in [0, 0.05) is 66.8 Å². The zero-order valence-corrected chi connectivity index (χ0v) is 24.1. The molecule has 5 rings (SSSR count). The van der Waals surface area contributed by atoms with Crippen LogP contribution in [0.1, 0.15) is 32.3 Å². The van der Waals surface area contributed by atoms with Gasteiger partial charge in [-0.15, -0.1) is 0 Å². The van der Waals surface area contributed by atoms with E-state index in [0.29, 0.717) is 65.4 Å². The fraction of sp³-hybridized carbons (Fsp3) is 0.281. The molecule has 0 radical (unpaired) electrons. The van der Waals surface area contributed by atoms with Crippen LogP contribution in [0.4, 0.5) is 20.3 Å². The van der Waals surface area contributed by atoms with E-state index in [9.17, 15) is 18.7 Å². The first-order chi connectivity index (χ1) is 20.5. The number of halogens is 2. The lowest BCUT2D eigenvalue weighted by atomic mass is 9.96. The lowest BCUT2D eigenvalue weighted by Crippen LogP contribution is -2.41. The van der Waals surface area contributed by atoms with Crippen molar-refractivity contribution in [3.05, 3.63) is 84.7 Å². The van der Waals surface area contributed by atoms with Gasteiger partial charge in [0.2, 0.25) is 5.91 Å². The molecule has 1 amide bonds.